The maximum atomic E-state index is 11.8. The Morgan fingerprint density at radius 2 is 2.00 bits per heavy atom. The molecule has 0 aliphatic carbocycles. The molecule has 0 aliphatic heterocycles. The van der Waals surface area contributed by atoms with Gasteiger partial charge in [-0.15, -0.1) is 0 Å². The van der Waals surface area contributed by atoms with Gasteiger partial charge >= 0.3 is 0 Å². The average molecular weight is 228 g/mol. The maximum Gasteiger partial charge on any atom is 0.203 e. The van der Waals surface area contributed by atoms with Crippen LogP contribution in [0.1, 0.15) is 10.4 Å². The van der Waals surface area contributed by atoms with Crippen molar-refractivity contribution in [2.24, 2.45) is 0 Å². The van der Waals surface area contributed by atoms with Crippen LogP contribution in [0.15, 0.2) is 48.8 Å². The van der Waals surface area contributed by atoms with Crippen LogP contribution in [0.25, 0.3) is 0 Å². The summed E-state index contributed by atoms with van der Waals surface area (Å²) in [4.78, 5) is 15.7. The van der Waals surface area contributed by atoms with Gasteiger partial charge < -0.3 is 10.5 Å². The zero-order valence-corrected chi connectivity index (χ0v) is 9.17. The van der Waals surface area contributed by atoms with Gasteiger partial charge in [0.1, 0.15) is 5.75 Å². The van der Waals surface area contributed by atoms with Crippen molar-refractivity contribution in [3.8, 4) is 5.75 Å². The molecular weight excluding hydrogens is 216 g/mol. The third-order valence-corrected chi connectivity index (χ3v) is 2.27. The summed E-state index contributed by atoms with van der Waals surface area (Å²) in [5.74, 6) is 0.475. The van der Waals surface area contributed by atoms with Crippen LogP contribution in [0.3, 0.4) is 0 Å². The molecule has 86 valence electrons. The van der Waals surface area contributed by atoms with E-state index in [0.29, 0.717) is 17.0 Å². The van der Waals surface area contributed by atoms with Gasteiger partial charge in [-0.2, -0.15) is 0 Å². The summed E-state index contributed by atoms with van der Waals surface area (Å²) in [6.07, 6.45) is 3.00. The molecule has 0 unspecified atom stereocenters. The molecule has 0 atom stereocenters. The van der Waals surface area contributed by atoms with E-state index in [4.69, 9.17) is 10.5 Å². The smallest absolute Gasteiger partial charge is 0.203 e. The number of nitrogens with zero attached hydrogens (tertiary/aromatic N) is 1. The predicted octanol–water partition coefficient (Wildman–Crippen LogP) is 1.93. The number of hydrogen-bond donors (Lipinski definition) is 1. The highest BCUT2D eigenvalue weighted by molar-refractivity contribution is 6.01. The lowest BCUT2D eigenvalue weighted by atomic mass is 10.1. The Balaban J connectivity index is 2.01. The number of rotatable bonds is 4. The van der Waals surface area contributed by atoms with Gasteiger partial charge in [-0.25, -0.2) is 0 Å². The fourth-order valence-corrected chi connectivity index (χ4v) is 1.38. The minimum absolute atomic E-state index is 0.0418. The molecule has 4 nitrogen and oxygen atoms in total. The first kappa shape index (κ1) is 11.1. The lowest BCUT2D eigenvalue weighted by Gasteiger charge is -2.06. The summed E-state index contributed by atoms with van der Waals surface area (Å²) in [6.45, 7) is -0.0418. The number of pyridine rings is 1. The molecule has 2 aromatic rings. The van der Waals surface area contributed by atoms with Gasteiger partial charge in [0.15, 0.2) is 6.61 Å². The Hall–Kier alpha value is -2.36. The molecule has 0 bridgehead atoms. The van der Waals surface area contributed by atoms with Crippen molar-refractivity contribution in [1.29, 1.82) is 0 Å². The number of carbonyl (C=O) groups excluding carboxylic acids is 1. The van der Waals surface area contributed by atoms with Crippen LogP contribution < -0.4 is 10.5 Å². The molecule has 2 rings (SSSR count). The monoisotopic (exact) mass is 228 g/mol. The highest BCUT2D eigenvalue weighted by atomic mass is 16.5. The van der Waals surface area contributed by atoms with Crippen LogP contribution in [0.2, 0.25) is 0 Å². The number of carbonyl (C=O) groups is 1. The molecule has 4 heteroatoms. The van der Waals surface area contributed by atoms with Gasteiger partial charge in [-0.05, 0) is 18.2 Å². The number of nitrogens with two attached hydrogens (primary N) is 1. The van der Waals surface area contributed by atoms with Gasteiger partial charge in [-0.1, -0.05) is 18.2 Å². The highest BCUT2D eigenvalue weighted by Crippen LogP contribution is 2.12. The standard InChI is InChI=1S/C13H12N2O2/c14-12-6-7-15-8-11(12)13(16)9-17-10-4-2-1-3-5-10/h1-8H,9H2,(H2,14,15). The molecule has 0 amide bonds. The van der Waals surface area contributed by atoms with Crippen LogP contribution in [0.4, 0.5) is 5.69 Å². The second-order valence-corrected chi connectivity index (χ2v) is 3.49. The van der Waals surface area contributed by atoms with Crippen molar-refractivity contribution >= 4 is 11.5 Å². The second kappa shape index (κ2) is 5.12. The van der Waals surface area contributed by atoms with E-state index in [1.807, 2.05) is 18.2 Å². The third-order valence-electron chi connectivity index (χ3n) is 2.27. The quantitative estimate of drug-likeness (QED) is 0.812. The number of ketones is 1. The number of Topliss-reactive ketones (excluding diaryl/α,β-unsaturated/α-hetero) is 1. The molecule has 1 heterocycles. The van der Waals surface area contributed by atoms with Crippen LogP contribution >= 0.6 is 0 Å². The van der Waals surface area contributed by atoms with E-state index in [1.54, 1.807) is 24.4 Å². The van der Waals surface area contributed by atoms with Crippen LogP contribution in [0, 0.1) is 0 Å². The van der Waals surface area contributed by atoms with Crippen LogP contribution in [-0.4, -0.2) is 17.4 Å². The first-order valence-electron chi connectivity index (χ1n) is 5.18. The SMILES string of the molecule is Nc1ccncc1C(=O)COc1ccccc1. The van der Waals surface area contributed by atoms with Crippen LogP contribution in [0.5, 0.6) is 5.75 Å². The molecule has 0 radical (unpaired) electrons. The minimum atomic E-state index is -0.181. The maximum absolute atomic E-state index is 11.8. The molecule has 0 aliphatic rings. The van der Waals surface area contributed by atoms with Crippen molar-refractivity contribution in [2.45, 2.75) is 0 Å². The van der Waals surface area contributed by atoms with Gasteiger partial charge in [0.25, 0.3) is 0 Å². The summed E-state index contributed by atoms with van der Waals surface area (Å²) < 4.78 is 5.34. The normalized spacial score (nSPS) is 9.88. The van der Waals surface area contributed by atoms with Gasteiger partial charge in [0, 0.05) is 18.1 Å². The molecule has 1 aromatic carbocycles. The predicted molar refractivity (Wildman–Crippen MR) is 64.9 cm³/mol. The second-order valence-electron chi connectivity index (χ2n) is 3.49. The molecule has 1 aromatic heterocycles. The number of benzene rings is 1. The largest absolute Gasteiger partial charge is 0.485 e. The van der Waals surface area contributed by atoms with E-state index >= 15 is 0 Å². The minimum Gasteiger partial charge on any atom is -0.485 e. The summed E-state index contributed by atoms with van der Waals surface area (Å²) in [5.41, 5.74) is 6.48. The zero-order valence-electron chi connectivity index (χ0n) is 9.17. The number of nitrogen functional groups attached to an aromatic ring is 1. The van der Waals surface area contributed by atoms with E-state index in [1.165, 1.54) is 6.20 Å². The van der Waals surface area contributed by atoms with E-state index in [2.05, 4.69) is 4.98 Å². The fourth-order valence-electron chi connectivity index (χ4n) is 1.38. The molecule has 0 spiro atoms. The zero-order chi connectivity index (χ0) is 12.1. The summed E-state index contributed by atoms with van der Waals surface area (Å²) in [7, 11) is 0. The molecule has 17 heavy (non-hydrogen) atoms. The van der Waals surface area contributed by atoms with Crippen molar-refractivity contribution < 1.29 is 9.53 Å². The van der Waals surface area contributed by atoms with Crippen molar-refractivity contribution in [3.63, 3.8) is 0 Å². The lowest BCUT2D eigenvalue weighted by Crippen LogP contribution is -2.13. The van der Waals surface area contributed by atoms with Crippen molar-refractivity contribution in [2.75, 3.05) is 12.3 Å². The Morgan fingerprint density at radius 3 is 2.71 bits per heavy atom. The topological polar surface area (TPSA) is 65.2 Å². The number of ether oxygens (including phenoxy) is 1. The van der Waals surface area contributed by atoms with Crippen molar-refractivity contribution in [3.05, 3.63) is 54.4 Å². The van der Waals surface area contributed by atoms with Crippen molar-refractivity contribution in [1.82, 2.24) is 4.98 Å². The highest BCUT2D eigenvalue weighted by Gasteiger charge is 2.10. The van der Waals surface area contributed by atoms with Gasteiger partial charge in [0.2, 0.25) is 5.78 Å². The average Bonchev–Trinajstić information content (AvgIpc) is 2.38. The molecular formula is C13H12N2O2. The molecule has 0 saturated carbocycles. The summed E-state index contributed by atoms with van der Waals surface area (Å²) >= 11 is 0. The number of hydrogen-bond acceptors (Lipinski definition) is 4. The molecule has 2 N–H and O–H groups in total. The first-order valence-corrected chi connectivity index (χ1v) is 5.18. The van der Waals surface area contributed by atoms with Crippen LogP contribution in [-0.2, 0) is 0 Å². The Labute approximate surface area is 99.1 Å². The first-order chi connectivity index (χ1) is 8.27. The number of aromatic nitrogens is 1. The van der Waals surface area contributed by atoms with E-state index < -0.39 is 0 Å². The van der Waals surface area contributed by atoms with E-state index in [0.717, 1.165) is 0 Å². The molecule has 0 fully saturated rings. The van der Waals surface area contributed by atoms with E-state index in [-0.39, 0.29) is 12.4 Å². The third kappa shape index (κ3) is 2.81. The lowest BCUT2D eigenvalue weighted by molar-refractivity contribution is 0.0922. The van der Waals surface area contributed by atoms with E-state index in [9.17, 15) is 4.79 Å². The van der Waals surface area contributed by atoms with Gasteiger partial charge in [-0.3, -0.25) is 9.78 Å². The number of anilines is 1. The summed E-state index contributed by atoms with van der Waals surface area (Å²) in [6, 6.07) is 10.7. The van der Waals surface area contributed by atoms with Gasteiger partial charge in [0.05, 0.1) is 5.56 Å². The summed E-state index contributed by atoms with van der Waals surface area (Å²) in [5, 5.41) is 0. The number of para-hydroxylation sites is 1. The Morgan fingerprint density at radius 1 is 1.24 bits per heavy atom. The molecule has 0 saturated heterocycles. The fraction of sp³-hybridized carbons (Fsp3) is 0.0769. The Kier molecular flexibility index (Phi) is 3.35. The Bertz CT molecular complexity index is 512.